The lowest BCUT2D eigenvalue weighted by molar-refractivity contribution is 0.179. The maximum Gasteiger partial charge on any atom is 0.191 e. The highest BCUT2D eigenvalue weighted by molar-refractivity contribution is 5.79. The van der Waals surface area contributed by atoms with Gasteiger partial charge in [0.15, 0.2) is 5.96 Å². The van der Waals surface area contributed by atoms with Crippen molar-refractivity contribution in [2.24, 2.45) is 4.99 Å². The summed E-state index contributed by atoms with van der Waals surface area (Å²) in [7, 11) is 3.50. The van der Waals surface area contributed by atoms with Gasteiger partial charge in [0.1, 0.15) is 0 Å². The highest BCUT2D eigenvalue weighted by Gasteiger charge is 2.04. The van der Waals surface area contributed by atoms with Gasteiger partial charge in [0.05, 0.1) is 6.61 Å². The summed E-state index contributed by atoms with van der Waals surface area (Å²) in [5.41, 5.74) is 0. The van der Waals surface area contributed by atoms with Crippen molar-refractivity contribution in [1.82, 2.24) is 15.5 Å². The van der Waals surface area contributed by atoms with Gasteiger partial charge in [0, 0.05) is 26.7 Å². The number of aliphatic imine (C=N–C) groups is 1. The fourth-order valence-electron chi connectivity index (χ4n) is 1.77. The number of hydrogen-bond donors (Lipinski definition) is 2. The fraction of sp³-hybridized carbons (Fsp3) is 0.923. The van der Waals surface area contributed by atoms with E-state index in [1.54, 1.807) is 14.2 Å². The Morgan fingerprint density at radius 1 is 1.33 bits per heavy atom. The molecule has 0 heterocycles. The Kier molecular flexibility index (Phi) is 10.8. The summed E-state index contributed by atoms with van der Waals surface area (Å²) in [5, 5.41) is 6.60. The number of nitrogens with one attached hydrogen (secondary N) is 2. The van der Waals surface area contributed by atoms with Crippen LogP contribution >= 0.6 is 0 Å². The summed E-state index contributed by atoms with van der Waals surface area (Å²) in [6.07, 6.45) is 1.13. The highest BCUT2D eigenvalue weighted by atomic mass is 16.5. The average molecular weight is 258 g/mol. The van der Waals surface area contributed by atoms with Crippen molar-refractivity contribution in [1.29, 1.82) is 0 Å². The third kappa shape index (κ3) is 8.31. The second-order valence-electron chi connectivity index (χ2n) is 4.38. The van der Waals surface area contributed by atoms with E-state index >= 15 is 0 Å². The molecule has 1 atom stereocenters. The van der Waals surface area contributed by atoms with Crippen LogP contribution in [0.1, 0.15) is 27.2 Å². The van der Waals surface area contributed by atoms with E-state index in [1.807, 2.05) is 0 Å². The average Bonchev–Trinajstić information content (AvgIpc) is 2.37. The molecule has 2 N–H and O–H groups in total. The minimum Gasteiger partial charge on any atom is -0.383 e. The molecule has 0 saturated carbocycles. The molecule has 18 heavy (non-hydrogen) atoms. The molecule has 0 saturated heterocycles. The molecule has 0 fully saturated rings. The summed E-state index contributed by atoms with van der Waals surface area (Å²) in [6.45, 7) is 11.5. The molecule has 0 rings (SSSR count). The van der Waals surface area contributed by atoms with E-state index in [-0.39, 0.29) is 6.04 Å². The van der Waals surface area contributed by atoms with Crippen molar-refractivity contribution in [2.75, 3.05) is 46.9 Å². The lowest BCUT2D eigenvalue weighted by Gasteiger charge is -2.19. The SMILES string of the molecule is CCN(CC)CCCNC(=NC)NC(C)COC. The van der Waals surface area contributed by atoms with Gasteiger partial charge in [0.25, 0.3) is 0 Å². The zero-order valence-corrected chi connectivity index (χ0v) is 12.6. The van der Waals surface area contributed by atoms with Crippen molar-refractivity contribution >= 4 is 5.96 Å². The van der Waals surface area contributed by atoms with Crippen molar-refractivity contribution in [3.05, 3.63) is 0 Å². The molecule has 0 bridgehead atoms. The van der Waals surface area contributed by atoms with Crippen molar-refractivity contribution in [3.63, 3.8) is 0 Å². The summed E-state index contributed by atoms with van der Waals surface area (Å²) < 4.78 is 5.08. The van der Waals surface area contributed by atoms with Crippen molar-refractivity contribution in [3.8, 4) is 0 Å². The highest BCUT2D eigenvalue weighted by Crippen LogP contribution is 1.89. The summed E-state index contributed by atoms with van der Waals surface area (Å²) in [4.78, 5) is 6.61. The van der Waals surface area contributed by atoms with Crippen LogP contribution in [0.25, 0.3) is 0 Å². The Morgan fingerprint density at radius 2 is 2.00 bits per heavy atom. The zero-order valence-electron chi connectivity index (χ0n) is 12.6. The molecule has 5 heteroatoms. The molecular formula is C13H30N4O. The van der Waals surface area contributed by atoms with Gasteiger partial charge in [-0.3, -0.25) is 4.99 Å². The lowest BCUT2D eigenvalue weighted by Crippen LogP contribution is -2.44. The molecule has 0 aliphatic heterocycles. The Balaban J connectivity index is 3.75. The number of ether oxygens (including phenoxy) is 1. The second-order valence-corrected chi connectivity index (χ2v) is 4.38. The van der Waals surface area contributed by atoms with Crippen LogP contribution in [-0.4, -0.2) is 63.8 Å². The zero-order chi connectivity index (χ0) is 13.8. The molecule has 0 aliphatic rings. The topological polar surface area (TPSA) is 48.9 Å². The standard InChI is InChI=1S/C13H30N4O/c1-6-17(7-2)10-8-9-15-13(14-4)16-12(3)11-18-5/h12H,6-11H2,1-5H3,(H2,14,15,16). The predicted molar refractivity (Wildman–Crippen MR) is 78.2 cm³/mol. The number of rotatable bonds is 9. The van der Waals surface area contributed by atoms with Gasteiger partial charge in [-0.2, -0.15) is 0 Å². The molecular weight excluding hydrogens is 228 g/mol. The monoisotopic (exact) mass is 258 g/mol. The first-order chi connectivity index (χ1) is 8.67. The third-order valence-corrected chi connectivity index (χ3v) is 2.86. The Bertz CT molecular complexity index is 217. The first-order valence-corrected chi connectivity index (χ1v) is 6.86. The fourth-order valence-corrected chi connectivity index (χ4v) is 1.77. The van der Waals surface area contributed by atoms with Gasteiger partial charge < -0.3 is 20.3 Å². The first kappa shape index (κ1) is 17.2. The van der Waals surface area contributed by atoms with Gasteiger partial charge in [-0.1, -0.05) is 13.8 Å². The number of hydrogen-bond acceptors (Lipinski definition) is 3. The Hall–Kier alpha value is -0.810. The van der Waals surface area contributed by atoms with Crippen LogP contribution in [0.3, 0.4) is 0 Å². The van der Waals surface area contributed by atoms with Crippen LogP contribution < -0.4 is 10.6 Å². The van der Waals surface area contributed by atoms with E-state index in [2.05, 4.69) is 41.3 Å². The lowest BCUT2D eigenvalue weighted by atomic mass is 10.3. The molecule has 0 radical (unpaired) electrons. The predicted octanol–water partition coefficient (Wildman–Crippen LogP) is 0.918. The minimum absolute atomic E-state index is 0.268. The van der Waals surface area contributed by atoms with E-state index in [9.17, 15) is 0 Å². The molecule has 0 spiro atoms. The van der Waals surface area contributed by atoms with Gasteiger partial charge in [-0.05, 0) is 33.0 Å². The smallest absolute Gasteiger partial charge is 0.191 e. The number of methoxy groups -OCH3 is 1. The van der Waals surface area contributed by atoms with E-state index in [0.29, 0.717) is 6.61 Å². The van der Waals surface area contributed by atoms with Crippen molar-refractivity contribution in [2.45, 2.75) is 33.2 Å². The molecule has 108 valence electrons. The molecule has 5 nitrogen and oxygen atoms in total. The van der Waals surface area contributed by atoms with Crippen LogP contribution in [0, 0.1) is 0 Å². The molecule has 0 aromatic heterocycles. The molecule has 0 aromatic rings. The normalized spacial score (nSPS) is 13.8. The summed E-state index contributed by atoms with van der Waals surface area (Å²) in [6, 6.07) is 0.268. The Morgan fingerprint density at radius 3 is 2.50 bits per heavy atom. The van der Waals surface area contributed by atoms with E-state index in [1.165, 1.54) is 0 Å². The van der Waals surface area contributed by atoms with Crippen LogP contribution in [0.2, 0.25) is 0 Å². The van der Waals surface area contributed by atoms with Crippen LogP contribution in [-0.2, 0) is 4.74 Å². The van der Waals surface area contributed by atoms with Gasteiger partial charge in [0.2, 0.25) is 0 Å². The summed E-state index contributed by atoms with van der Waals surface area (Å²) in [5.74, 6) is 0.846. The second kappa shape index (κ2) is 11.3. The molecule has 0 amide bonds. The Labute approximate surface area is 112 Å². The van der Waals surface area contributed by atoms with Gasteiger partial charge in [-0.25, -0.2) is 0 Å². The summed E-state index contributed by atoms with van der Waals surface area (Å²) >= 11 is 0. The van der Waals surface area contributed by atoms with E-state index < -0.39 is 0 Å². The molecule has 0 aromatic carbocycles. The van der Waals surface area contributed by atoms with Crippen LogP contribution in [0.5, 0.6) is 0 Å². The first-order valence-electron chi connectivity index (χ1n) is 6.86. The maximum atomic E-state index is 5.08. The minimum atomic E-state index is 0.268. The molecule has 1 unspecified atom stereocenters. The molecule has 0 aliphatic carbocycles. The van der Waals surface area contributed by atoms with E-state index in [0.717, 1.165) is 38.6 Å². The quantitative estimate of drug-likeness (QED) is 0.367. The third-order valence-electron chi connectivity index (χ3n) is 2.86. The van der Waals surface area contributed by atoms with Crippen molar-refractivity contribution < 1.29 is 4.74 Å². The largest absolute Gasteiger partial charge is 0.383 e. The number of nitrogens with zero attached hydrogens (tertiary/aromatic N) is 2. The van der Waals surface area contributed by atoms with Crippen LogP contribution in [0.4, 0.5) is 0 Å². The van der Waals surface area contributed by atoms with E-state index in [4.69, 9.17) is 4.74 Å². The number of guanidine groups is 1. The van der Waals surface area contributed by atoms with Gasteiger partial charge >= 0.3 is 0 Å². The van der Waals surface area contributed by atoms with Crippen LogP contribution in [0.15, 0.2) is 4.99 Å². The maximum absolute atomic E-state index is 5.08. The van der Waals surface area contributed by atoms with Gasteiger partial charge in [-0.15, -0.1) is 0 Å².